The van der Waals surface area contributed by atoms with Gasteiger partial charge in [0.05, 0.1) is 8.07 Å². The van der Waals surface area contributed by atoms with Gasteiger partial charge in [-0.2, -0.15) is 0 Å². The Hall–Kier alpha value is 0.177. The molecule has 0 radical (unpaired) electrons. The first kappa shape index (κ1) is 13.2. The van der Waals surface area contributed by atoms with Crippen molar-refractivity contribution in [3.63, 3.8) is 0 Å². The highest BCUT2D eigenvalue weighted by atomic mass is 28.3. The maximum atomic E-state index is 2.57. The Morgan fingerprint density at radius 3 is 1.62 bits per heavy atom. The zero-order valence-corrected chi connectivity index (χ0v) is 11.6. The van der Waals surface area contributed by atoms with E-state index in [2.05, 4.69) is 52.6 Å². The van der Waals surface area contributed by atoms with E-state index in [1.54, 1.807) is 0 Å². The van der Waals surface area contributed by atoms with Crippen molar-refractivity contribution in [2.45, 2.75) is 52.8 Å². The summed E-state index contributed by atoms with van der Waals surface area (Å²) in [6, 6.07) is 0. The Morgan fingerprint density at radius 1 is 1.00 bits per heavy atom. The zero-order valence-electron chi connectivity index (χ0n) is 10.6. The van der Waals surface area contributed by atoms with Crippen molar-refractivity contribution >= 4 is 8.07 Å². The third kappa shape index (κ3) is 3.82. The predicted molar refractivity (Wildman–Crippen MR) is 65.0 cm³/mol. The smallest absolute Gasteiger partial charge is 0.0682 e. The first-order chi connectivity index (χ1) is 5.74. The van der Waals surface area contributed by atoms with Crippen molar-refractivity contribution in [1.82, 2.24) is 4.90 Å². The van der Waals surface area contributed by atoms with Crippen LogP contribution in [0.15, 0.2) is 0 Å². The van der Waals surface area contributed by atoms with E-state index < -0.39 is 8.07 Å². The summed E-state index contributed by atoms with van der Waals surface area (Å²) in [6.07, 6.45) is 1.34. The van der Waals surface area contributed by atoms with Crippen LogP contribution in [0.1, 0.15) is 34.6 Å². The first-order valence-electron chi connectivity index (χ1n) is 5.47. The molecule has 0 saturated carbocycles. The molecule has 0 heterocycles. The first-order valence-corrected chi connectivity index (χ1v) is 8.67. The van der Waals surface area contributed by atoms with Gasteiger partial charge in [-0.15, -0.1) is 0 Å². The Bertz CT molecular complexity index is 143. The Labute approximate surface area is 85.5 Å². The minimum atomic E-state index is -1.08. The van der Waals surface area contributed by atoms with Gasteiger partial charge in [0.2, 0.25) is 0 Å². The molecule has 0 rings (SSSR count). The second-order valence-electron chi connectivity index (χ2n) is 5.60. The number of rotatable bonds is 4. The number of hydrogen-bond acceptors (Lipinski definition) is 1. The van der Waals surface area contributed by atoms with Crippen molar-refractivity contribution in [2.24, 2.45) is 0 Å². The van der Waals surface area contributed by atoms with Crippen LogP contribution in [0.4, 0.5) is 0 Å². The normalized spacial score (nSPS) is 13.8. The quantitative estimate of drug-likeness (QED) is 0.630. The molecule has 0 spiro atoms. The molecule has 0 aliphatic heterocycles. The lowest BCUT2D eigenvalue weighted by Crippen LogP contribution is -2.48. The lowest BCUT2D eigenvalue weighted by atomic mass is 10.2. The van der Waals surface area contributed by atoms with Crippen LogP contribution >= 0.6 is 0 Å². The molecule has 0 aliphatic carbocycles. The van der Waals surface area contributed by atoms with Gasteiger partial charge in [-0.3, -0.25) is 0 Å². The van der Waals surface area contributed by atoms with Crippen molar-refractivity contribution in [1.29, 1.82) is 0 Å². The number of hydrogen-bond donors (Lipinski definition) is 0. The van der Waals surface area contributed by atoms with Crippen molar-refractivity contribution in [2.75, 3.05) is 19.3 Å². The minimum Gasteiger partial charge on any atom is -0.307 e. The summed E-state index contributed by atoms with van der Waals surface area (Å²) in [6.45, 7) is 19.1. The molecule has 0 aromatic heterocycles. The molecule has 0 saturated heterocycles. The fourth-order valence-electron chi connectivity index (χ4n) is 1.24. The van der Waals surface area contributed by atoms with Crippen LogP contribution in [0.5, 0.6) is 0 Å². The molecular weight excluding hydrogens is 174 g/mol. The third-order valence-electron chi connectivity index (χ3n) is 3.54. The molecule has 0 aromatic rings. The van der Waals surface area contributed by atoms with Crippen molar-refractivity contribution < 1.29 is 0 Å². The fourth-order valence-corrected chi connectivity index (χ4v) is 3.28. The van der Waals surface area contributed by atoms with Gasteiger partial charge in [-0.05, 0) is 24.3 Å². The van der Waals surface area contributed by atoms with Crippen LogP contribution in [0.2, 0.25) is 18.1 Å². The Morgan fingerprint density at radius 2 is 1.38 bits per heavy atom. The molecule has 0 fully saturated rings. The zero-order chi connectivity index (χ0) is 10.7. The second-order valence-corrected chi connectivity index (χ2v) is 11.2. The maximum Gasteiger partial charge on any atom is 0.0682 e. The average molecular weight is 201 g/mol. The summed E-state index contributed by atoms with van der Waals surface area (Å²) >= 11 is 0. The minimum absolute atomic E-state index is 0.523. The Balaban J connectivity index is 4.31. The van der Waals surface area contributed by atoms with E-state index in [9.17, 15) is 0 Å². The van der Waals surface area contributed by atoms with Gasteiger partial charge in [0.15, 0.2) is 0 Å². The topological polar surface area (TPSA) is 3.24 Å². The summed E-state index contributed by atoms with van der Waals surface area (Å²) < 4.78 is 0. The van der Waals surface area contributed by atoms with E-state index in [0.29, 0.717) is 5.04 Å². The molecule has 0 bridgehead atoms. The molecule has 0 aromatic carbocycles. The van der Waals surface area contributed by atoms with Crippen LogP contribution in [0.3, 0.4) is 0 Å². The van der Waals surface area contributed by atoms with Crippen molar-refractivity contribution in [3.8, 4) is 0 Å². The van der Waals surface area contributed by atoms with Gasteiger partial charge >= 0.3 is 0 Å². The molecule has 1 nitrogen and oxygen atoms in total. The summed E-state index contributed by atoms with van der Waals surface area (Å²) in [5.74, 6) is 0. The summed E-state index contributed by atoms with van der Waals surface area (Å²) in [4.78, 5) is 2.57. The molecule has 0 amide bonds. The highest BCUT2D eigenvalue weighted by Gasteiger charge is 2.35. The standard InChI is InChI=1S/C11H27NSi/c1-8-12(9-2)10-13(6,7)11(3,4)5/h8-10H2,1-7H3. The van der Waals surface area contributed by atoms with Crippen LogP contribution in [-0.4, -0.2) is 32.2 Å². The van der Waals surface area contributed by atoms with Crippen LogP contribution in [0, 0.1) is 0 Å². The average Bonchev–Trinajstić information content (AvgIpc) is 1.98. The van der Waals surface area contributed by atoms with Gasteiger partial charge in [0.1, 0.15) is 0 Å². The predicted octanol–water partition coefficient (Wildman–Crippen LogP) is 3.38. The molecular formula is C11H27NSi. The van der Waals surface area contributed by atoms with Gasteiger partial charge < -0.3 is 4.90 Å². The molecule has 2 heteroatoms. The van der Waals surface area contributed by atoms with E-state index in [0.717, 1.165) is 0 Å². The van der Waals surface area contributed by atoms with Gasteiger partial charge in [0.25, 0.3) is 0 Å². The third-order valence-corrected chi connectivity index (χ3v) is 8.84. The fraction of sp³-hybridized carbons (Fsp3) is 1.00. The van der Waals surface area contributed by atoms with Crippen LogP contribution in [0.25, 0.3) is 0 Å². The summed E-state index contributed by atoms with van der Waals surface area (Å²) in [7, 11) is -1.08. The highest BCUT2D eigenvalue weighted by Crippen LogP contribution is 2.36. The Kier molecular flexibility index (Phi) is 4.67. The SMILES string of the molecule is CCN(CC)C[Si](C)(C)C(C)(C)C. The summed E-state index contributed by atoms with van der Waals surface area (Å²) in [5.41, 5.74) is 0. The molecule has 0 aliphatic rings. The van der Waals surface area contributed by atoms with Gasteiger partial charge in [-0.1, -0.05) is 47.7 Å². The van der Waals surface area contributed by atoms with E-state index in [1.807, 2.05) is 0 Å². The van der Waals surface area contributed by atoms with Crippen LogP contribution in [-0.2, 0) is 0 Å². The van der Waals surface area contributed by atoms with Gasteiger partial charge in [0, 0.05) is 0 Å². The highest BCUT2D eigenvalue weighted by molar-refractivity contribution is 6.80. The van der Waals surface area contributed by atoms with Crippen molar-refractivity contribution in [3.05, 3.63) is 0 Å². The maximum absolute atomic E-state index is 2.57. The molecule has 0 N–H and O–H groups in total. The number of nitrogens with zero attached hydrogens (tertiary/aromatic N) is 1. The lowest BCUT2D eigenvalue weighted by Gasteiger charge is -2.40. The van der Waals surface area contributed by atoms with E-state index in [4.69, 9.17) is 0 Å². The monoisotopic (exact) mass is 201 g/mol. The molecule has 0 unspecified atom stereocenters. The largest absolute Gasteiger partial charge is 0.307 e. The van der Waals surface area contributed by atoms with Gasteiger partial charge in [-0.25, -0.2) is 0 Å². The second kappa shape index (κ2) is 4.60. The van der Waals surface area contributed by atoms with E-state index >= 15 is 0 Å². The van der Waals surface area contributed by atoms with Crippen LogP contribution < -0.4 is 0 Å². The molecule has 13 heavy (non-hydrogen) atoms. The molecule has 0 atom stereocenters. The van der Waals surface area contributed by atoms with E-state index in [-0.39, 0.29) is 0 Å². The van der Waals surface area contributed by atoms with E-state index in [1.165, 1.54) is 19.3 Å². The molecule has 80 valence electrons. The lowest BCUT2D eigenvalue weighted by molar-refractivity contribution is 0.343. The summed E-state index contributed by atoms with van der Waals surface area (Å²) in [5, 5.41) is 0.523.